The molecule has 0 aliphatic heterocycles. The number of ether oxygens (including phenoxy) is 1. The summed E-state index contributed by atoms with van der Waals surface area (Å²) in [7, 11) is 1.57. The van der Waals surface area contributed by atoms with E-state index in [-0.39, 0.29) is 11.8 Å². The van der Waals surface area contributed by atoms with Crippen molar-refractivity contribution >= 4 is 35.3 Å². The Kier molecular flexibility index (Phi) is 12.1. The summed E-state index contributed by atoms with van der Waals surface area (Å²) < 4.78 is 5.16. The van der Waals surface area contributed by atoms with Crippen molar-refractivity contribution in [2.45, 2.75) is 12.5 Å². The highest BCUT2D eigenvalue weighted by Gasteiger charge is 2.27. The van der Waals surface area contributed by atoms with Crippen LogP contribution >= 0.6 is 23.5 Å². The second kappa shape index (κ2) is 12.6. The fraction of sp³-hybridized carbons (Fsp3) is 0.600. The summed E-state index contributed by atoms with van der Waals surface area (Å²) in [4.78, 5) is 23.6. The van der Waals surface area contributed by atoms with Crippen molar-refractivity contribution < 1.29 is 14.3 Å². The van der Waals surface area contributed by atoms with Crippen LogP contribution in [0.2, 0.25) is 0 Å². The first kappa shape index (κ1) is 21.1. The van der Waals surface area contributed by atoms with Gasteiger partial charge >= 0.3 is 0 Å². The molecule has 0 heterocycles. The van der Waals surface area contributed by atoms with Gasteiger partial charge in [-0.1, -0.05) is 12.2 Å². The zero-order valence-electron chi connectivity index (χ0n) is 13.4. The highest BCUT2D eigenvalue weighted by atomic mass is 32.2. The Balaban J connectivity index is 4.29. The number of rotatable bonds is 13. The summed E-state index contributed by atoms with van der Waals surface area (Å²) in [6.07, 6.45) is 3.52. The van der Waals surface area contributed by atoms with Crippen LogP contribution in [-0.4, -0.2) is 60.6 Å². The molecule has 0 bridgehead atoms. The van der Waals surface area contributed by atoms with Gasteiger partial charge in [0, 0.05) is 25.2 Å². The van der Waals surface area contributed by atoms with Gasteiger partial charge in [-0.3, -0.25) is 9.59 Å². The first-order valence-electron chi connectivity index (χ1n) is 6.91. The lowest BCUT2D eigenvalue weighted by Gasteiger charge is -2.30. The average Bonchev–Trinajstić information content (AvgIpc) is 2.46. The van der Waals surface area contributed by atoms with Crippen LogP contribution in [-0.2, 0) is 14.3 Å². The van der Waals surface area contributed by atoms with Crippen LogP contribution in [0.3, 0.4) is 0 Å². The third-order valence-electron chi connectivity index (χ3n) is 2.52. The maximum atomic E-state index is 11.9. The Morgan fingerprint density at radius 2 is 1.68 bits per heavy atom. The number of nitrogens with one attached hydrogen (secondary N) is 2. The number of hydrogen-bond acceptors (Lipinski definition) is 5. The van der Waals surface area contributed by atoms with E-state index in [0.717, 1.165) is 11.5 Å². The molecule has 1 atom stereocenters. The third kappa shape index (κ3) is 10.8. The molecule has 0 saturated heterocycles. The van der Waals surface area contributed by atoms with E-state index in [0.29, 0.717) is 24.7 Å². The fourth-order valence-corrected chi connectivity index (χ4v) is 2.75. The number of carbonyl (C=O) groups excluding carboxylic acids is 2. The highest BCUT2D eigenvalue weighted by molar-refractivity contribution is 8.00. The molecule has 126 valence electrons. The summed E-state index contributed by atoms with van der Waals surface area (Å²) in [5.41, 5.74) is -0.626. The van der Waals surface area contributed by atoms with E-state index in [1.807, 2.05) is 6.92 Å². The monoisotopic (exact) mass is 346 g/mol. The number of hydrogen-bond donors (Lipinski definition) is 2. The minimum absolute atomic E-state index is 0.0653. The lowest BCUT2D eigenvalue weighted by atomic mass is 10.0. The van der Waals surface area contributed by atoms with Crippen LogP contribution in [0.25, 0.3) is 0 Å². The molecule has 22 heavy (non-hydrogen) atoms. The van der Waals surface area contributed by atoms with Gasteiger partial charge in [0.2, 0.25) is 11.8 Å². The molecule has 0 aromatic heterocycles. The van der Waals surface area contributed by atoms with Crippen LogP contribution < -0.4 is 10.6 Å². The Morgan fingerprint density at radius 1 is 1.14 bits per heavy atom. The van der Waals surface area contributed by atoms with Crippen molar-refractivity contribution in [1.29, 1.82) is 0 Å². The summed E-state index contributed by atoms with van der Waals surface area (Å²) in [5.74, 6) is 2.05. The van der Waals surface area contributed by atoms with Gasteiger partial charge in [-0.25, -0.2) is 0 Å². The van der Waals surface area contributed by atoms with Crippen molar-refractivity contribution in [2.24, 2.45) is 0 Å². The third-order valence-corrected chi connectivity index (χ3v) is 4.39. The Labute approximate surface area is 141 Å². The van der Waals surface area contributed by atoms with Gasteiger partial charge in [0.25, 0.3) is 0 Å². The van der Waals surface area contributed by atoms with Crippen molar-refractivity contribution in [3.63, 3.8) is 0 Å². The molecule has 0 unspecified atom stereocenters. The number of methoxy groups -OCH3 is 1. The molecular weight excluding hydrogens is 320 g/mol. The predicted octanol–water partition coefficient (Wildman–Crippen LogP) is 1.46. The molecule has 2 amide bonds. The summed E-state index contributed by atoms with van der Waals surface area (Å²) in [6, 6.07) is 0. The predicted molar refractivity (Wildman–Crippen MR) is 96.5 cm³/mol. The van der Waals surface area contributed by atoms with E-state index in [4.69, 9.17) is 4.74 Å². The van der Waals surface area contributed by atoms with Gasteiger partial charge in [0.1, 0.15) is 0 Å². The molecule has 7 heteroatoms. The minimum atomic E-state index is -0.626. The van der Waals surface area contributed by atoms with Gasteiger partial charge < -0.3 is 15.4 Å². The molecule has 0 rings (SSSR count). The molecule has 0 spiro atoms. The maximum absolute atomic E-state index is 11.9. The summed E-state index contributed by atoms with van der Waals surface area (Å²) >= 11 is 2.98. The molecule has 2 N–H and O–H groups in total. The highest BCUT2D eigenvalue weighted by Crippen LogP contribution is 2.06. The van der Waals surface area contributed by atoms with Crippen LogP contribution in [0.4, 0.5) is 0 Å². The van der Waals surface area contributed by atoms with E-state index in [1.165, 1.54) is 23.5 Å². The van der Waals surface area contributed by atoms with Crippen LogP contribution in [0.5, 0.6) is 0 Å². The van der Waals surface area contributed by atoms with E-state index < -0.39 is 5.54 Å². The van der Waals surface area contributed by atoms with Crippen LogP contribution in [0, 0.1) is 0 Å². The van der Waals surface area contributed by atoms with Crippen molar-refractivity contribution in [2.75, 3.05) is 43.3 Å². The van der Waals surface area contributed by atoms with Gasteiger partial charge in [-0.15, -0.1) is 36.7 Å². The minimum Gasteiger partial charge on any atom is -0.382 e. The number of amides is 2. The zero-order chi connectivity index (χ0) is 16.8. The quantitative estimate of drug-likeness (QED) is 0.390. The Morgan fingerprint density at radius 3 is 2.18 bits per heavy atom. The molecule has 5 nitrogen and oxygen atoms in total. The Bertz CT molecular complexity index is 378. The van der Waals surface area contributed by atoms with Crippen molar-refractivity contribution in [1.82, 2.24) is 10.6 Å². The normalized spacial score (nSPS) is 13.0. The van der Waals surface area contributed by atoms with E-state index in [1.54, 1.807) is 19.3 Å². The summed E-state index contributed by atoms with van der Waals surface area (Å²) in [6.45, 7) is 9.72. The molecule has 0 aliphatic rings. The standard InChI is InChI=1S/C15H26N2O3S2/c1-5-7-21-9-13(18)16-11-15(3,12-20-4)17-14(19)10-22-8-6-2/h5-6H,1-2,7-12H2,3-4H3,(H,16,18)(H,17,19)/t15-/m0/s1. The van der Waals surface area contributed by atoms with Gasteiger partial charge in [-0.2, -0.15) is 0 Å². The van der Waals surface area contributed by atoms with Crippen LogP contribution in [0.1, 0.15) is 6.92 Å². The first-order valence-corrected chi connectivity index (χ1v) is 9.22. The maximum Gasteiger partial charge on any atom is 0.230 e. The van der Waals surface area contributed by atoms with Crippen molar-refractivity contribution in [3.05, 3.63) is 25.3 Å². The molecule has 0 aromatic rings. The molecule has 0 saturated carbocycles. The van der Waals surface area contributed by atoms with Crippen LogP contribution in [0.15, 0.2) is 25.3 Å². The van der Waals surface area contributed by atoms with Crippen molar-refractivity contribution in [3.8, 4) is 0 Å². The first-order chi connectivity index (χ1) is 10.5. The smallest absolute Gasteiger partial charge is 0.230 e. The lowest BCUT2D eigenvalue weighted by molar-refractivity contribution is -0.122. The average molecular weight is 347 g/mol. The van der Waals surface area contributed by atoms with E-state index in [9.17, 15) is 9.59 Å². The van der Waals surface area contributed by atoms with Gasteiger partial charge in [-0.05, 0) is 6.92 Å². The number of carbonyl (C=O) groups is 2. The second-order valence-corrected chi connectivity index (χ2v) is 6.99. The van der Waals surface area contributed by atoms with Gasteiger partial charge in [0.15, 0.2) is 0 Å². The topological polar surface area (TPSA) is 67.4 Å². The fourth-order valence-electron chi connectivity index (χ4n) is 1.64. The van der Waals surface area contributed by atoms with E-state index >= 15 is 0 Å². The molecule has 0 aliphatic carbocycles. The second-order valence-electron chi connectivity index (χ2n) is 4.93. The largest absolute Gasteiger partial charge is 0.382 e. The van der Waals surface area contributed by atoms with Gasteiger partial charge in [0.05, 0.1) is 23.7 Å². The molecular formula is C15H26N2O3S2. The SMILES string of the molecule is C=CCSCC(=O)NC[C@@](C)(COC)NC(=O)CSCC=C. The van der Waals surface area contributed by atoms with E-state index in [2.05, 4.69) is 23.8 Å². The molecule has 0 fully saturated rings. The summed E-state index contributed by atoms with van der Waals surface area (Å²) in [5, 5.41) is 5.75. The lowest BCUT2D eigenvalue weighted by Crippen LogP contribution is -2.57. The molecule has 0 aromatic carbocycles. The molecule has 0 radical (unpaired) electrons. The zero-order valence-corrected chi connectivity index (χ0v) is 15.0. The number of thioether (sulfide) groups is 2. The Hall–Kier alpha value is -0.920.